The van der Waals surface area contributed by atoms with Gasteiger partial charge in [0.15, 0.2) is 0 Å². The number of non-ortho nitro benzene ring substituents is 1. The van der Waals surface area contributed by atoms with E-state index < -0.39 is 11.0 Å². The molecule has 0 radical (unpaired) electrons. The molecule has 4 heteroatoms. The number of hydrogen-bond donors (Lipinski definition) is 1. The number of rotatable bonds is 3. The van der Waals surface area contributed by atoms with Crippen LogP contribution in [0.5, 0.6) is 0 Å². The zero-order chi connectivity index (χ0) is 10.6. The third-order valence-corrected chi connectivity index (χ3v) is 1.78. The van der Waals surface area contributed by atoms with Gasteiger partial charge in [0, 0.05) is 18.6 Å². The minimum Gasteiger partial charge on any atom is -0.387 e. The lowest BCUT2D eigenvalue weighted by Crippen LogP contribution is -1.97. The van der Waals surface area contributed by atoms with Crippen molar-refractivity contribution in [1.29, 1.82) is 0 Å². The number of benzene rings is 1. The molecule has 0 heterocycles. The molecule has 1 rings (SSSR count). The Kier molecular flexibility index (Phi) is 3.21. The van der Waals surface area contributed by atoms with Crippen molar-refractivity contribution < 1.29 is 10.0 Å². The van der Waals surface area contributed by atoms with Crippen LogP contribution in [-0.2, 0) is 0 Å². The van der Waals surface area contributed by atoms with E-state index in [0.717, 1.165) is 0 Å². The zero-order valence-electron chi connectivity index (χ0n) is 7.38. The fourth-order valence-electron chi connectivity index (χ4n) is 1.08. The predicted molar refractivity (Wildman–Crippen MR) is 51.5 cm³/mol. The maximum atomic E-state index is 10.4. The summed E-state index contributed by atoms with van der Waals surface area (Å²) in [5, 5.41) is 19.9. The van der Waals surface area contributed by atoms with Crippen LogP contribution in [0.25, 0.3) is 0 Å². The molecular weight excluding hydrogens is 182 g/mol. The van der Waals surface area contributed by atoms with Gasteiger partial charge in [-0.25, -0.2) is 0 Å². The van der Waals surface area contributed by atoms with Crippen LogP contribution in [0.1, 0.15) is 18.1 Å². The van der Waals surface area contributed by atoms with Crippen molar-refractivity contribution in [2.75, 3.05) is 0 Å². The smallest absolute Gasteiger partial charge is 0.269 e. The summed E-state index contributed by atoms with van der Waals surface area (Å²) in [6.45, 7) is 0. The monoisotopic (exact) mass is 191 g/mol. The van der Waals surface area contributed by atoms with Crippen molar-refractivity contribution in [2.45, 2.75) is 12.5 Å². The van der Waals surface area contributed by atoms with Gasteiger partial charge in [-0.15, -0.1) is 12.3 Å². The summed E-state index contributed by atoms with van der Waals surface area (Å²) < 4.78 is 0. The second-order valence-electron chi connectivity index (χ2n) is 2.78. The summed E-state index contributed by atoms with van der Waals surface area (Å²) in [7, 11) is 0. The van der Waals surface area contributed by atoms with E-state index in [1.807, 2.05) is 0 Å². The van der Waals surface area contributed by atoms with Crippen LogP contribution in [-0.4, -0.2) is 10.0 Å². The van der Waals surface area contributed by atoms with E-state index in [-0.39, 0.29) is 12.1 Å². The number of nitro groups is 1. The minimum absolute atomic E-state index is 0.0430. The van der Waals surface area contributed by atoms with Gasteiger partial charge in [-0.2, -0.15) is 0 Å². The van der Waals surface area contributed by atoms with Crippen LogP contribution in [0.4, 0.5) is 5.69 Å². The molecule has 1 unspecified atom stereocenters. The molecule has 1 atom stereocenters. The van der Waals surface area contributed by atoms with Crippen molar-refractivity contribution in [3.05, 3.63) is 39.9 Å². The zero-order valence-corrected chi connectivity index (χ0v) is 7.38. The lowest BCUT2D eigenvalue weighted by molar-refractivity contribution is -0.385. The van der Waals surface area contributed by atoms with E-state index in [1.54, 1.807) is 6.07 Å². The van der Waals surface area contributed by atoms with Crippen molar-refractivity contribution in [3.8, 4) is 12.3 Å². The molecule has 4 nitrogen and oxygen atoms in total. The summed E-state index contributed by atoms with van der Waals surface area (Å²) in [6, 6.07) is 5.82. The van der Waals surface area contributed by atoms with Gasteiger partial charge in [-0.1, -0.05) is 12.1 Å². The van der Waals surface area contributed by atoms with Crippen LogP contribution in [0.3, 0.4) is 0 Å². The summed E-state index contributed by atoms with van der Waals surface area (Å²) in [5.41, 5.74) is 0.427. The Labute approximate surface area is 81.3 Å². The summed E-state index contributed by atoms with van der Waals surface area (Å²) in [6.07, 6.45) is 4.34. The molecular formula is C10H9NO3. The highest BCUT2D eigenvalue weighted by atomic mass is 16.6. The number of hydrogen-bond acceptors (Lipinski definition) is 3. The third kappa shape index (κ3) is 2.31. The minimum atomic E-state index is -0.833. The molecule has 0 saturated heterocycles. The Hall–Kier alpha value is -1.86. The van der Waals surface area contributed by atoms with E-state index in [0.29, 0.717) is 5.56 Å². The van der Waals surface area contributed by atoms with Crippen LogP contribution in [0.15, 0.2) is 24.3 Å². The fraction of sp³-hybridized carbons (Fsp3) is 0.200. The SMILES string of the molecule is C#CCC(O)c1cccc([N+](=O)[O-])c1. The van der Waals surface area contributed by atoms with Gasteiger partial charge in [-0.3, -0.25) is 10.1 Å². The molecule has 1 N–H and O–H groups in total. The van der Waals surface area contributed by atoms with Gasteiger partial charge < -0.3 is 5.11 Å². The number of nitro benzene ring substituents is 1. The highest BCUT2D eigenvalue weighted by Crippen LogP contribution is 2.20. The average molecular weight is 191 g/mol. The molecule has 0 spiro atoms. The number of terminal acetylenes is 1. The van der Waals surface area contributed by atoms with Crippen molar-refractivity contribution in [2.24, 2.45) is 0 Å². The summed E-state index contributed by atoms with van der Waals surface area (Å²) in [5.74, 6) is 2.29. The molecule has 0 fully saturated rings. The molecule has 0 bridgehead atoms. The molecule has 0 aromatic heterocycles. The van der Waals surface area contributed by atoms with Crippen molar-refractivity contribution in [1.82, 2.24) is 0 Å². The highest BCUT2D eigenvalue weighted by Gasteiger charge is 2.10. The topological polar surface area (TPSA) is 63.4 Å². The maximum absolute atomic E-state index is 10.4. The summed E-state index contributed by atoms with van der Waals surface area (Å²) >= 11 is 0. The standard InChI is InChI=1S/C10H9NO3/c1-2-4-10(12)8-5-3-6-9(7-8)11(13)14/h1,3,5-7,10,12H,4H2. The van der Waals surface area contributed by atoms with Crippen LogP contribution in [0, 0.1) is 22.5 Å². The molecule has 1 aromatic rings. The van der Waals surface area contributed by atoms with Gasteiger partial charge in [0.2, 0.25) is 0 Å². The Morgan fingerprint density at radius 3 is 2.93 bits per heavy atom. The molecule has 0 aliphatic heterocycles. The first-order valence-corrected chi connectivity index (χ1v) is 4.01. The first-order valence-electron chi connectivity index (χ1n) is 4.01. The molecule has 14 heavy (non-hydrogen) atoms. The predicted octanol–water partition coefficient (Wildman–Crippen LogP) is 1.65. The molecule has 0 amide bonds. The molecule has 0 aliphatic carbocycles. The number of aliphatic hydroxyl groups excluding tert-OH is 1. The van der Waals surface area contributed by atoms with E-state index in [9.17, 15) is 15.2 Å². The Bertz CT molecular complexity index is 381. The largest absolute Gasteiger partial charge is 0.387 e. The number of aliphatic hydroxyl groups is 1. The first-order chi connectivity index (χ1) is 6.65. The Morgan fingerprint density at radius 1 is 1.64 bits per heavy atom. The normalized spacial score (nSPS) is 11.7. The van der Waals surface area contributed by atoms with Gasteiger partial charge in [0.1, 0.15) is 0 Å². The summed E-state index contributed by atoms with van der Waals surface area (Å²) in [4.78, 5) is 9.91. The maximum Gasteiger partial charge on any atom is 0.269 e. The molecule has 72 valence electrons. The molecule has 0 aliphatic rings. The second kappa shape index (κ2) is 4.40. The van der Waals surface area contributed by atoms with Gasteiger partial charge in [0.05, 0.1) is 11.0 Å². The van der Waals surface area contributed by atoms with Crippen LogP contribution >= 0.6 is 0 Å². The van der Waals surface area contributed by atoms with Gasteiger partial charge in [-0.05, 0) is 5.56 Å². The quantitative estimate of drug-likeness (QED) is 0.449. The van der Waals surface area contributed by atoms with Gasteiger partial charge >= 0.3 is 0 Å². The van der Waals surface area contributed by atoms with E-state index in [2.05, 4.69) is 5.92 Å². The van der Waals surface area contributed by atoms with Crippen molar-refractivity contribution >= 4 is 5.69 Å². The van der Waals surface area contributed by atoms with E-state index >= 15 is 0 Å². The highest BCUT2D eigenvalue weighted by molar-refractivity contribution is 5.35. The van der Waals surface area contributed by atoms with Crippen molar-refractivity contribution in [3.63, 3.8) is 0 Å². The van der Waals surface area contributed by atoms with Gasteiger partial charge in [0.25, 0.3) is 5.69 Å². The third-order valence-electron chi connectivity index (χ3n) is 1.78. The van der Waals surface area contributed by atoms with E-state index in [4.69, 9.17) is 6.42 Å². The number of nitrogens with zero attached hydrogens (tertiary/aromatic N) is 1. The van der Waals surface area contributed by atoms with Crippen LogP contribution in [0.2, 0.25) is 0 Å². The lowest BCUT2D eigenvalue weighted by Gasteiger charge is -2.06. The van der Waals surface area contributed by atoms with E-state index in [1.165, 1.54) is 18.2 Å². The Balaban J connectivity index is 2.94. The fourth-order valence-corrected chi connectivity index (χ4v) is 1.08. The van der Waals surface area contributed by atoms with Crippen LogP contribution < -0.4 is 0 Å². The average Bonchev–Trinajstić information content (AvgIpc) is 2.18. The molecule has 1 aromatic carbocycles. The lowest BCUT2D eigenvalue weighted by atomic mass is 10.1. The second-order valence-corrected chi connectivity index (χ2v) is 2.78. The molecule has 0 saturated carbocycles. The first kappa shape index (κ1) is 10.2. The Morgan fingerprint density at radius 2 is 2.36 bits per heavy atom.